The van der Waals surface area contributed by atoms with E-state index in [9.17, 15) is 5.11 Å². The van der Waals surface area contributed by atoms with Gasteiger partial charge in [0.2, 0.25) is 0 Å². The Morgan fingerprint density at radius 1 is 1.38 bits per heavy atom. The SMILES string of the molecule is C=C1CC[C@H]2O[C@@]2(C)CC[C@H]2[C@H]1C[C@]2(C)O. The fraction of sp³-hybridized carbons (Fsp3) is 0.857. The molecule has 3 rings (SSSR count). The number of allylic oxidation sites excluding steroid dienone is 1. The van der Waals surface area contributed by atoms with E-state index in [1.807, 2.05) is 6.92 Å². The van der Waals surface area contributed by atoms with Crippen molar-refractivity contribution in [3.8, 4) is 0 Å². The minimum Gasteiger partial charge on any atom is -0.390 e. The molecule has 0 amide bonds. The molecule has 3 aliphatic rings. The number of hydrogen-bond donors (Lipinski definition) is 1. The van der Waals surface area contributed by atoms with Crippen molar-refractivity contribution in [1.29, 1.82) is 0 Å². The number of hydrogen-bond acceptors (Lipinski definition) is 2. The van der Waals surface area contributed by atoms with E-state index >= 15 is 0 Å². The van der Waals surface area contributed by atoms with Gasteiger partial charge in [0, 0.05) is 0 Å². The first kappa shape index (κ1) is 10.8. The maximum atomic E-state index is 10.2. The second-order valence-electron chi connectivity index (χ2n) is 6.43. The first-order valence-electron chi connectivity index (χ1n) is 6.50. The number of fused-ring (bicyclic) bond motifs is 2. The average Bonchev–Trinajstić information content (AvgIpc) is 2.82. The topological polar surface area (TPSA) is 32.8 Å². The highest BCUT2D eigenvalue weighted by Gasteiger charge is 2.56. The van der Waals surface area contributed by atoms with Gasteiger partial charge in [-0.2, -0.15) is 0 Å². The molecule has 1 heterocycles. The minimum atomic E-state index is -0.460. The predicted octanol–water partition coefficient (Wildman–Crippen LogP) is 2.66. The van der Waals surface area contributed by atoms with Crippen LogP contribution in [0.1, 0.15) is 46.0 Å². The Labute approximate surface area is 97.7 Å². The summed E-state index contributed by atoms with van der Waals surface area (Å²) >= 11 is 0. The van der Waals surface area contributed by atoms with E-state index < -0.39 is 5.60 Å². The molecule has 90 valence electrons. The lowest BCUT2D eigenvalue weighted by Gasteiger charge is -2.51. The van der Waals surface area contributed by atoms with Crippen molar-refractivity contribution < 1.29 is 9.84 Å². The van der Waals surface area contributed by atoms with E-state index in [1.165, 1.54) is 5.57 Å². The molecule has 1 aliphatic heterocycles. The molecular formula is C14H22O2. The summed E-state index contributed by atoms with van der Waals surface area (Å²) in [7, 11) is 0. The van der Waals surface area contributed by atoms with E-state index in [-0.39, 0.29) is 5.60 Å². The third-order valence-electron chi connectivity index (χ3n) is 5.16. The van der Waals surface area contributed by atoms with Gasteiger partial charge in [-0.05, 0) is 57.8 Å². The maximum Gasteiger partial charge on any atom is 0.0920 e. The first-order valence-corrected chi connectivity index (χ1v) is 6.50. The Balaban J connectivity index is 1.78. The van der Waals surface area contributed by atoms with Gasteiger partial charge in [-0.15, -0.1) is 0 Å². The summed E-state index contributed by atoms with van der Waals surface area (Å²) in [5, 5.41) is 10.2. The molecule has 0 aromatic carbocycles. The number of rotatable bonds is 0. The molecule has 2 nitrogen and oxygen atoms in total. The lowest BCUT2D eigenvalue weighted by molar-refractivity contribution is -0.117. The molecule has 2 heteroatoms. The summed E-state index contributed by atoms with van der Waals surface area (Å²) in [5.74, 6) is 0.982. The molecule has 1 saturated heterocycles. The lowest BCUT2D eigenvalue weighted by atomic mass is 9.58. The molecule has 2 aliphatic carbocycles. The fourth-order valence-corrected chi connectivity index (χ4v) is 3.77. The van der Waals surface area contributed by atoms with E-state index in [0.29, 0.717) is 17.9 Å². The molecule has 0 radical (unpaired) electrons. The Kier molecular flexibility index (Phi) is 2.10. The smallest absolute Gasteiger partial charge is 0.0920 e. The Morgan fingerprint density at radius 2 is 2.12 bits per heavy atom. The van der Waals surface area contributed by atoms with Gasteiger partial charge < -0.3 is 9.84 Å². The van der Waals surface area contributed by atoms with Gasteiger partial charge in [0.25, 0.3) is 0 Å². The highest BCUT2D eigenvalue weighted by molar-refractivity contribution is 5.17. The third-order valence-corrected chi connectivity index (χ3v) is 5.16. The highest BCUT2D eigenvalue weighted by Crippen LogP contribution is 2.55. The van der Waals surface area contributed by atoms with Crippen molar-refractivity contribution in [2.75, 3.05) is 0 Å². The van der Waals surface area contributed by atoms with Crippen molar-refractivity contribution in [2.24, 2.45) is 11.8 Å². The number of epoxide rings is 1. The molecule has 0 unspecified atom stereocenters. The standard InChI is InChI=1S/C14H22O2/c1-9-4-5-12-14(3,16-12)7-6-11-10(9)8-13(11,2)15/h10-12,15H,1,4-8H2,2-3H3/t10-,11-,12+,13-,14-/m0/s1. The quantitative estimate of drug-likeness (QED) is 0.505. The summed E-state index contributed by atoms with van der Waals surface area (Å²) in [4.78, 5) is 0. The van der Waals surface area contributed by atoms with Crippen molar-refractivity contribution >= 4 is 0 Å². The highest BCUT2D eigenvalue weighted by atomic mass is 16.6. The molecule has 0 aromatic heterocycles. The van der Waals surface area contributed by atoms with Gasteiger partial charge in [-0.25, -0.2) is 0 Å². The van der Waals surface area contributed by atoms with Crippen LogP contribution >= 0.6 is 0 Å². The van der Waals surface area contributed by atoms with Gasteiger partial charge in [-0.3, -0.25) is 0 Å². The summed E-state index contributed by atoms with van der Waals surface area (Å²) in [6.45, 7) is 8.41. The van der Waals surface area contributed by atoms with Gasteiger partial charge in [0.1, 0.15) is 0 Å². The molecule has 3 fully saturated rings. The normalized spacial score (nSPS) is 56.2. The first-order chi connectivity index (χ1) is 7.42. The Hall–Kier alpha value is -0.340. The number of aliphatic hydroxyl groups is 1. The molecule has 5 atom stereocenters. The largest absolute Gasteiger partial charge is 0.390 e. The van der Waals surface area contributed by atoms with Crippen LogP contribution in [0.15, 0.2) is 12.2 Å². The second kappa shape index (κ2) is 3.11. The van der Waals surface area contributed by atoms with Crippen LogP contribution in [0.3, 0.4) is 0 Å². The minimum absolute atomic E-state index is 0.112. The van der Waals surface area contributed by atoms with E-state index in [2.05, 4.69) is 13.5 Å². The van der Waals surface area contributed by atoms with Crippen molar-refractivity contribution in [2.45, 2.75) is 63.3 Å². The summed E-state index contributed by atoms with van der Waals surface area (Å²) < 4.78 is 5.78. The summed E-state index contributed by atoms with van der Waals surface area (Å²) in [5.41, 5.74) is 0.996. The molecular weight excluding hydrogens is 200 g/mol. The molecule has 16 heavy (non-hydrogen) atoms. The van der Waals surface area contributed by atoms with E-state index in [1.54, 1.807) is 0 Å². The van der Waals surface area contributed by atoms with Crippen LogP contribution in [0.4, 0.5) is 0 Å². The van der Waals surface area contributed by atoms with Crippen LogP contribution in [0, 0.1) is 11.8 Å². The van der Waals surface area contributed by atoms with Crippen LogP contribution < -0.4 is 0 Å². The second-order valence-corrected chi connectivity index (χ2v) is 6.43. The fourth-order valence-electron chi connectivity index (χ4n) is 3.77. The van der Waals surface area contributed by atoms with Gasteiger partial charge >= 0.3 is 0 Å². The van der Waals surface area contributed by atoms with E-state index in [4.69, 9.17) is 4.74 Å². The Bertz CT molecular complexity index is 334. The van der Waals surface area contributed by atoms with Crippen LogP contribution in [0.2, 0.25) is 0 Å². The zero-order valence-electron chi connectivity index (χ0n) is 10.3. The summed E-state index contributed by atoms with van der Waals surface area (Å²) in [6.07, 6.45) is 5.76. The predicted molar refractivity (Wildman–Crippen MR) is 63.1 cm³/mol. The molecule has 0 spiro atoms. The lowest BCUT2D eigenvalue weighted by Crippen LogP contribution is -2.52. The van der Waals surface area contributed by atoms with Crippen molar-refractivity contribution in [3.63, 3.8) is 0 Å². The van der Waals surface area contributed by atoms with Gasteiger partial charge in [0.15, 0.2) is 0 Å². The molecule has 0 aromatic rings. The van der Waals surface area contributed by atoms with Crippen LogP contribution in [0.5, 0.6) is 0 Å². The maximum absolute atomic E-state index is 10.2. The van der Waals surface area contributed by atoms with Crippen molar-refractivity contribution in [3.05, 3.63) is 12.2 Å². The zero-order valence-corrected chi connectivity index (χ0v) is 10.3. The molecule has 1 N–H and O–H groups in total. The van der Waals surface area contributed by atoms with Crippen LogP contribution in [0.25, 0.3) is 0 Å². The monoisotopic (exact) mass is 222 g/mol. The average molecular weight is 222 g/mol. The summed E-state index contributed by atoms with van der Waals surface area (Å²) in [6, 6.07) is 0. The Morgan fingerprint density at radius 3 is 2.81 bits per heavy atom. The zero-order chi connectivity index (χ0) is 11.6. The molecule has 2 saturated carbocycles. The van der Waals surface area contributed by atoms with Crippen LogP contribution in [-0.2, 0) is 4.74 Å². The van der Waals surface area contributed by atoms with Crippen LogP contribution in [-0.4, -0.2) is 22.4 Å². The van der Waals surface area contributed by atoms with Crippen molar-refractivity contribution in [1.82, 2.24) is 0 Å². The van der Waals surface area contributed by atoms with E-state index in [0.717, 1.165) is 32.1 Å². The van der Waals surface area contributed by atoms with Gasteiger partial charge in [-0.1, -0.05) is 12.2 Å². The van der Waals surface area contributed by atoms with Gasteiger partial charge in [0.05, 0.1) is 17.3 Å². The third kappa shape index (κ3) is 1.46. The number of ether oxygens (including phenoxy) is 1. The molecule has 0 bridgehead atoms.